The Balaban J connectivity index is 0.811. The minimum absolute atomic E-state index is 0.953. The topological polar surface area (TPSA) is 51.9 Å². The van der Waals surface area contributed by atoms with E-state index < -0.39 is 0 Å². The van der Waals surface area contributed by atoms with Crippen molar-refractivity contribution in [2.75, 3.05) is 0 Å². The zero-order valence-electron chi connectivity index (χ0n) is 46.9. The fourth-order valence-corrected chi connectivity index (χ4v) is 14.5. The lowest BCUT2D eigenvalue weighted by Crippen LogP contribution is -1.93. The molecule has 0 saturated heterocycles. The highest BCUT2D eigenvalue weighted by Crippen LogP contribution is 2.45. The molecule has 0 saturated carbocycles. The molecule has 0 spiro atoms. The Hall–Kier alpha value is -11.7. The largest absolute Gasteiger partial charge is 0.292 e. The molecule has 0 aliphatic heterocycles. The zero-order chi connectivity index (χ0) is 56.8. The number of aromatic nitrogens is 6. The van der Waals surface area contributed by atoms with E-state index in [0.717, 1.165) is 150 Å². The van der Waals surface area contributed by atoms with Gasteiger partial charge in [-0.2, -0.15) is 0 Å². The summed E-state index contributed by atoms with van der Waals surface area (Å²) in [5.41, 5.74) is 25.8. The molecule has 0 radical (unpaired) electrons. The van der Waals surface area contributed by atoms with Crippen molar-refractivity contribution in [2.24, 2.45) is 0 Å². The fraction of sp³-hybridized carbons (Fsp3) is 0. The van der Waals surface area contributed by atoms with Crippen molar-refractivity contribution in [3.8, 4) is 66.8 Å². The van der Waals surface area contributed by atoms with Gasteiger partial charge in [-0.05, 0) is 156 Å². The van der Waals surface area contributed by atoms with Crippen LogP contribution in [-0.4, -0.2) is 28.2 Å². The van der Waals surface area contributed by atoms with Crippen LogP contribution < -0.4 is 0 Å². The lowest BCUT2D eigenvalue weighted by Gasteiger charge is -2.18. The molecule has 0 fully saturated rings. The van der Waals surface area contributed by atoms with Gasteiger partial charge in [-0.15, -0.1) is 0 Å². The van der Waals surface area contributed by atoms with Gasteiger partial charge in [0.05, 0.1) is 49.7 Å². The summed E-state index contributed by atoms with van der Waals surface area (Å²) in [6.07, 6.45) is 0. The van der Waals surface area contributed by atoms with Crippen molar-refractivity contribution in [1.82, 2.24) is 28.2 Å². The molecule has 6 nitrogen and oxygen atoms in total. The molecule has 0 aliphatic carbocycles. The van der Waals surface area contributed by atoms with Gasteiger partial charge in [-0.25, -0.2) is 15.0 Å². The maximum Gasteiger partial charge on any atom is 0.146 e. The van der Waals surface area contributed by atoms with Gasteiger partial charge in [0.25, 0.3) is 0 Å². The van der Waals surface area contributed by atoms with E-state index in [4.69, 9.17) is 15.0 Å². The Labute approximate surface area is 498 Å². The second kappa shape index (κ2) is 18.4. The average Bonchev–Trinajstić information content (AvgIpc) is 2.53. The lowest BCUT2D eigenvalue weighted by atomic mass is 9.86. The van der Waals surface area contributed by atoms with E-state index in [1.54, 1.807) is 0 Å². The molecule has 19 aromatic rings. The number of hydrogen-bond donors (Lipinski definition) is 0. The van der Waals surface area contributed by atoms with Gasteiger partial charge in [0.2, 0.25) is 0 Å². The molecule has 402 valence electrons. The first-order chi connectivity index (χ1) is 43.1. The third-order valence-corrected chi connectivity index (χ3v) is 18.4. The Morgan fingerprint density at radius 3 is 0.690 bits per heavy atom. The van der Waals surface area contributed by atoms with E-state index in [1.165, 1.54) is 32.3 Å². The predicted molar refractivity (Wildman–Crippen MR) is 363 cm³/mol. The molecule has 0 amide bonds. The second-order valence-electron chi connectivity index (χ2n) is 23.0. The molecule has 19 rings (SSSR count). The van der Waals surface area contributed by atoms with E-state index in [-0.39, 0.29) is 0 Å². The maximum atomic E-state index is 5.43. The SMILES string of the molecule is c1ccc(-c2ccc3c(c2)nc2c4ccccc4c4ccccc4n32)c(-c2cc(-c3ccccc3-c3ccc4c(c3)nc3c5ccccc5c5ccccc5n43)cc(-c3ccccc3-c3ccc4c(c3)nc3c5ccccc5c5ccccc5n43)c2)c1. The van der Waals surface area contributed by atoms with Crippen LogP contribution in [0.3, 0.4) is 0 Å². The number of fused-ring (bicyclic) bond motifs is 24. The van der Waals surface area contributed by atoms with Crippen molar-refractivity contribution < 1.29 is 0 Å². The number of nitrogens with zero attached hydrogens (tertiary/aromatic N) is 6. The summed E-state index contributed by atoms with van der Waals surface area (Å²) in [5.74, 6) is 0. The number of rotatable bonds is 6. The highest BCUT2D eigenvalue weighted by Gasteiger charge is 2.22. The van der Waals surface area contributed by atoms with Crippen LogP contribution in [0.25, 0.3) is 182 Å². The van der Waals surface area contributed by atoms with E-state index in [9.17, 15) is 0 Å². The number of imidazole rings is 3. The van der Waals surface area contributed by atoms with Gasteiger partial charge in [0, 0.05) is 32.3 Å². The molecule has 0 aliphatic rings. The monoisotopic (exact) mass is 1100 g/mol. The average molecular weight is 1110 g/mol. The first kappa shape index (κ1) is 47.7. The summed E-state index contributed by atoms with van der Waals surface area (Å²) in [4.78, 5) is 16.3. The molecule has 13 aromatic carbocycles. The number of benzene rings is 13. The maximum absolute atomic E-state index is 5.43. The fourth-order valence-electron chi connectivity index (χ4n) is 14.5. The van der Waals surface area contributed by atoms with Gasteiger partial charge in [0.1, 0.15) is 16.9 Å². The summed E-state index contributed by atoms with van der Waals surface area (Å²) in [7, 11) is 0. The number of hydrogen-bond acceptors (Lipinski definition) is 3. The molecule has 0 bridgehead atoms. The van der Waals surface area contributed by atoms with Crippen LogP contribution in [0.15, 0.2) is 291 Å². The van der Waals surface area contributed by atoms with Crippen molar-refractivity contribution in [3.05, 3.63) is 291 Å². The molecule has 0 atom stereocenters. The quantitative estimate of drug-likeness (QED) is 0.156. The predicted octanol–water partition coefficient (Wildman–Crippen LogP) is 21.0. The van der Waals surface area contributed by atoms with E-state index in [1.807, 2.05) is 0 Å². The summed E-state index contributed by atoms with van der Waals surface area (Å²) in [5, 5.41) is 10.7. The van der Waals surface area contributed by atoms with Crippen LogP contribution in [0.5, 0.6) is 0 Å². The molecular formula is C81H48N6. The Kier molecular flexibility index (Phi) is 10.1. The van der Waals surface area contributed by atoms with Crippen LogP contribution in [0.4, 0.5) is 0 Å². The van der Waals surface area contributed by atoms with Crippen LogP contribution in [0.1, 0.15) is 0 Å². The highest BCUT2D eigenvalue weighted by atomic mass is 15.0. The standard InChI is InChI=1S/C81H48N6/c1-4-22-58(55(19-1)49-37-40-76-70(46-49)82-79-67-31-10-7-25-61(67)64-28-13-16-34-73(64)85(76)79)52-43-53(59-23-5-2-20-56(59)50-38-41-77-71(47-50)83-80-68-32-11-8-26-62(68)65-29-14-17-35-74(65)86(77)80)45-54(44-52)60-24-6-3-21-57(60)51-39-42-78-72(48-51)84-81-69-33-12-9-27-63(69)66-30-15-18-36-75(66)87(78)81/h1-48H. The van der Waals surface area contributed by atoms with Crippen LogP contribution >= 0.6 is 0 Å². The highest BCUT2D eigenvalue weighted by molar-refractivity contribution is 6.17. The van der Waals surface area contributed by atoms with Gasteiger partial charge in [-0.3, -0.25) is 13.2 Å². The van der Waals surface area contributed by atoms with Crippen molar-refractivity contribution >= 4 is 115 Å². The van der Waals surface area contributed by atoms with Crippen molar-refractivity contribution in [1.29, 1.82) is 0 Å². The molecule has 6 aromatic heterocycles. The molecule has 87 heavy (non-hydrogen) atoms. The van der Waals surface area contributed by atoms with Gasteiger partial charge >= 0.3 is 0 Å². The summed E-state index contributed by atoms with van der Waals surface area (Å²) < 4.78 is 7.00. The van der Waals surface area contributed by atoms with E-state index in [2.05, 4.69) is 304 Å². The zero-order valence-corrected chi connectivity index (χ0v) is 46.9. The van der Waals surface area contributed by atoms with Crippen LogP contribution in [0, 0.1) is 0 Å². The molecule has 0 N–H and O–H groups in total. The van der Waals surface area contributed by atoms with Gasteiger partial charge < -0.3 is 0 Å². The molecule has 6 heteroatoms. The number of pyridine rings is 3. The molecule has 0 unspecified atom stereocenters. The normalized spacial score (nSPS) is 12.1. The minimum Gasteiger partial charge on any atom is -0.292 e. The van der Waals surface area contributed by atoms with Crippen LogP contribution in [0.2, 0.25) is 0 Å². The second-order valence-corrected chi connectivity index (χ2v) is 23.0. The van der Waals surface area contributed by atoms with Crippen molar-refractivity contribution in [3.63, 3.8) is 0 Å². The molecular weight excluding hydrogens is 1060 g/mol. The van der Waals surface area contributed by atoms with Crippen LogP contribution in [-0.2, 0) is 0 Å². The first-order valence-corrected chi connectivity index (χ1v) is 29.7. The Bertz CT molecular complexity index is 5550. The van der Waals surface area contributed by atoms with Gasteiger partial charge in [-0.1, -0.05) is 218 Å². The first-order valence-electron chi connectivity index (χ1n) is 29.7. The van der Waals surface area contributed by atoms with Gasteiger partial charge in [0.15, 0.2) is 0 Å². The van der Waals surface area contributed by atoms with E-state index in [0.29, 0.717) is 0 Å². The van der Waals surface area contributed by atoms with E-state index >= 15 is 0 Å². The summed E-state index contributed by atoms with van der Waals surface area (Å²) >= 11 is 0. The van der Waals surface area contributed by atoms with Crippen molar-refractivity contribution in [2.45, 2.75) is 0 Å². The number of para-hydroxylation sites is 3. The Morgan fingerprint density at radius 1 is 0.172 bits per heavy atom. The third-order valence-electron chi connectivity index (χ3n) is 18.4. The molecule has 6 heterocycles. The third kappa shape index (κ3) is 7.07. The smallest absolute Gasteiger partial charge is 0.146 e. The Morgan fingerprint density at radius 2 is 0.402 bits per heavy atom. The minimum atomic E-state index is 0.953. The summed E-state index contributed by atoms with van der Waals surface area (Å²) in [6, 6.07) is 106. The summed E-state index contributed by atoms with van der Waals surface area (Å²) in [6.45, 7) is 0. The lowest BCUT2D eigenvalue weighted by molar-refractivity contribution is 1.31.